The van der Waals surface area contributed by atoms with Gasteiger partial charge in [-0.3, -0.25) is 9.59 Å². The minimum absolute atomic E-state index is 0.00411. The van der Waals surface area contributed by atoms with E-state index >= 15 is 0 Å². The van der Waals surface area contributed by atoms with Gasteiger partial charge in [-0.15, -0.1) is 0 Å². The molecule has 2 amide bonds. The molecule has 0 aliphatic carbocycles. The molecule has 0 unspecified atom stereocenters. The highest BCUT2D eigenvalue weighted by molar-refractivity contribution is 5.98. The van der Waals surface area contributed by atoms with E-state index in [1.807, 2.05) is 12.1 Å². The number of carbonyl (C=O) groups excluding carboxylic acids is 4. The van der Waals surface area contributed by atoms with Crippen LogP contribution in [0.1, 0.15) is 31.4 Å². The summed E-state index contributed by atoms with van der Waals surface area (Å²) in [6.45, 7) is 2.52. The van der Waals surface area contributed by atoms with E-state index in [4.69, 9.17) is 9.47 Å². The van der Waals surface area contributed by atoms with E-state index in [0.29, 0.717) is 0 Å². The quantitative estimate of drug-likeness (QED) is 0.327. The van der Waals surface area contributed by atoms with Gasteiger partial charge in [0.05, 0.1) is 13.2 Å². The van der Waals surface area contributed by atoms with Crippen molar-refractivity contribution in [3.05, 3.63) is 83.2 Å². The normalized spacial score (nSPS) is 11.3. The summed E-state index contributed by atoms with van der Waals surface area (Å²) >= 11 is 0. The highest BCUT2D eigenvalue weighted by atomic mass is 16.5. The summed E-state index contributed by atoms with van der Waals surface area (Å²) in [6, 6.07) is 18.0. The number of rotatable bonds is 10. The molecule has 0 heterocycles. The zero-order valence-corrected chi connectivity index (χ0v) is 18.5. The molecule has 0 saturated carbocycles. The zero-order chi connectivity index (χ0) is 24.1. The van der Waals surface area contributed by atoms with Gasteiger partial charge < -0.3 is 20.1 Å². The number of amides is 2. The van der Waals surface area contributed by atoms with Crippen LogP contribution in [-0.4, -0.2) is 37.0 Å². The molecular weight excluding hydrogens is 424 g/mol. The van der Waals surface area contributed by atoms with Gasteiger partial charge in [0.15, 0.2) is 0 Å². The van der Waals surface area contributed by atoms with E-state index in [1.54, 1.807) is 48.5 Å². The molecule has 0 aliphatic heterocycles. The Labute approximate surface area is 192 Å². The monoisotopic (exact) mass is 450 g/mol. The van der Waals surface area contributed by atoms with Gasteiger partial charge in [-0.2, -0.15) is 0 Å². The Hall–Kier alpha value is -4.20. The smallest absolute Gasteiger partial charge is 0.354 e. The zero-order valence-electron chi connectivity index (χ0n) is 18.5. The molecule has 0 atom stereocenters. The first kappa shape index (κ1) is 25.1. The largest absolute Gasteiger partial charge is 0.461 e. The summed E-state index contributed by atoms with van der Waals surface area (Å²) in [5.41, 5.74) is 1.46. The Kier molecular flexibility index (Phi) is 10.1. The standard InChI is InChI=1S/C25H26N2O6/c1-18(28)26-22(16-20-10-5-3-6-11-20)24(30)32-14-9-15-33-25(31)23(27-19(2)29)17-21-12-7-4-8-13-21/h3-8,10-13,16-17H,9,14-15H2,1-2H3,(H,26,28)(H,27,29)/b22-16+,23-17+. The SMILES string of the molecule is CC(=O)N/C(=C/c1ccccc1)C(=O)OCCCOC(=O)/C(=C\c1ccccc1)NC(C)=O. The number of hydrogen-bond acceptors (Lipinski definition) is 6. The lowest BCUT2D eigenvalue weighted by Gasteiger charge is -2.11. The lowest BCUT2D eigenvalue weighted by atomic mass is 10.2. The van der Waals surface area contributed by atoms with Crippen molar-refractivity contribution in [2.75, 3.05) is 13.2 Å². The molecule has 0 aromatic heterocycles. The summed E-state index contributed by atoms with van der Waals surface area (Å²) in [5.74, 6) is -2.22. The van der Waals surface area contributed by atoms with Crippen molar-refractivity contribution in [1.82, 2.24) is 10.6 Å². The second-order valence-corrected chi connectivity index (χ2v) is 6.93. The molecule has 0 radical (unpaired) electrons. The minimum atomic E-state index is -0.705. The number of esters is 2. The van der Waals surface area contributed by atoms with Crippen molar-refractivity contribution in [3.8, 4) is 0 Å². The summed E-state index contributed by atoms with van der Waals surface area (Å²) in [6.07, 6.45) is 3.25. The molecule has 8 heteroatoms. The van der Waals surface area contributed by atoms with E-state index in [1.165, 1.54) is 26.0 Å². The molecule has 2 aromatic rings. The maximum absolute atomic E-state index is 12.3. The van der Waals surface area contributed by atoms with Crippen LogP contribution in [0.3, 0.4) is 0 Å². The highest BCUT2D eigenvalue weighted by Gasteiger charge is 2.15. The van der Waals surface area contributed by atoms with Gasteiger partial charge >= 0.3 is 11.9 Å². The maximum atomic E-state index is 12.3. The molecule has 2 rings (SSSR count). The summed E-state index contributed by atoms with van der Waals surface area (Å²) in [7, 11) is 0. The van der Waals surface area contributed by atoms with Gasteiger partial charge in [-0.1, -0.05) is 60.7 Å². The molecule has 33 heavy (non-hydrogen) atoms. The first-order valence-corrected chi connectivity index (χ1v) is 10.3. The summed E-state index contributed by atoms with van der Waals surface area (Å²) < 4.78 is 10.4. The summed E-state index contributed by atoms with van der Waals surface area (Å²) in [4.78, 5) is 47.5. The number of hydrogen-bond donors (Lipinski definition) is 2. The van der Waals surface area contributed by atoms with Crippen molar-refractivity contribution in [1.29, 1.82) is 0 Å². The van der Waals surface area contributed by atoms with E-state index in [9.17, 15) is 19.2 Å². The lowest BCUT2D eigenvalue weighted by Crippen LogP contribution is -2.27. The average Bonchev–Trinajstić information content (AvgIpc) is 2.78. The minimum Gasteiger partial charge on any atom is -0.461 e. The third-order valence-corrected chi connectivity index (χ3v) is 4.04. The van der Waals surface area contributed by atoms with Crippen LogP contribution in [0.4, 0.5) is 0 Å². The lowest BCUT2D eigenvalue weighted by molar-refractivity contribution is -0.143. The Balaban J connectivity index is 1.88. The molecular formula is C25H26N2O6. The van der Waals surface area contributed by atoms with Gasteiger partial charge in [0, 0.05) is 20.3 Å². The van der Waals surface area contributed by atoms with Gasteiger partial charge in [0.2, 0.25) is 11.8 Å². The van der Waals surface area contributed by atoms with Crippen molar-refractivity contribution in [3.63, 3.8) is 0 Å². The van der Waals surface area contributed by atoms with Crippen LogP contribution < -0.4 is 10.6 Å². The molecule has 2 N–H and O–H groups in total. The van der Waals surface area contributed by atoms with Crippen LogP contribution in [0.2, 0.25) is 0 Å². The maximum Gasteiger partial charge on any atom is 0.354 e. The van der Waals surface area contributed by atoms with Crippen molar-refractivity contribution in [2.45, 2.75) is 20.3 Å². The molecule has 0 bridgehead atoms. The fourth-order valence-electron chi connectivity index (χ4n) is 2.65. The van der Waals surface area contributed by atoms with Gasteiger partial charge in [-0.05, 0) is 23.3 Å². The first-order valence-electron chi connectivity index (χ1n) is 10.3. The number of nitrogens with one attached hydrogen (secondary N) is 2. The first-order chi connectivity index (χ1) is 15.8. The fourth-order valence-corrected chi connectivity index (χ4v) is 2.65. The van der Waals surface area contributed by atoms with Crippen LogP contribution in [0.5, 0.6) is 0 Å². The topological polar surface area (TPSA) is 111 Å². The van der Waals surface area contributed by atoms with E-state index in [-0.39, 0.29) is 31.0 Å². The second kappa shape index (κ2) is 13.3. The predicted molar refractivity (Wildman–Crippen MR) is 123 cm³/mol. The van der Waals surface area contributed by atoms with E-state index in [0.717, 1.165) is 11.1 Å². The molecule has 8 nitrogen and oxygen atoms in total. The molecule has 2 aromatic carbocycles. The van der Waals surface area contributed by atoms with Crippen LogP contribution >= 0.6 is 0 Å². The van der Waals surface area contributed by atoms with Gasteiger partial charge in [0.25, 0.3) is 0 Å². The van der Waals surface area contributed by atoms with Crippen LogP contribution in [0, 0.1) is 0 Å². The van der Waals surface area contributed by atoms with Gasteiger partial charge in [0.1, 0.15) is 11.4 Å². The molecule has 0 fully saturated rings. The third kappa shape index (κ3) is 9.65. The highest BCUT2D eigenvalue weighted by Crippen LogP contribution is 2.08. The van der Waals surface area contributed by atoms with E-state index in [2.05, 4.69) is 10.6 Å². The number of ether oxygens (including phenoxy) is 2. The second-order valence-electron chi connectivity index (χ2n) is 6.93. The van der Waals surface area contributed by atoms with Crippen LogP contribution in [-0.2, 0) is 28.7 Å². The Morgan fingerprint density at radius 2 is 1.03 bits per heavy atom. The van der Waals surface area contributed by atoms with Crippen LogP contribution in [0.15, 0.2) is 72.1 Å². The van der Waals surface area contributed by atoms with Crippen LogP contribution in [0.25, 0.3) is 12.2 Å². The predicted octanol–water partition coefficient (Wildman–Crippen LogP) is 2.82. The van der Waals surface area contributed by atoms with Gasteiger partial charge in [-0.25, -0.2) is 9.59 Å². The van der Waals surface area contributed by atoms with Crippen molar-refractivity contribution in [2.24, 2.45) is 0 Å². The Morgan fingerprint density at radius 1 is 0.667 bits per heavy atom. The average molecular weight is 450 g/mol. The molecule has 0 spiro atoms. The van der Waals surface area contributed by atoms with Crippen molar-refractivity contribution >= 4 is 35.9 Å². The Morgan fingerprint density at radius 3 is 1.36 bits per heavy atom. The van der Waals surface area contributed by atoms with Crippen molar-refractivity contribution < 1.29 is 28.7 Å². The molecule has 0 aliphatic rings. The third-order valence-electron chi connectivity index (χ3n) is 4.04. The molecule has 172 valence electrons. The number of carbonyl (C=O) groups is 4. The summed E-state index contributed by atoms with van der Waals surface area (Å²) in [5, 5.41) is 4.92. The molecule has 0 saturated heterocycles. The Bertz CT molecular complexity index is 946. The number of benzene rings is 2. The van der Waals surface area contributed by atoms with E-state index < -0.39 is 23.8 Å². The fraction of sp³-hybridized carbons (Fsp3) is 0.200.